The Hall–Kier alpha value is -0.720. The van der Waals surface area contributed by atoms with Crippen molar-refractivity contribution in [1.82, 2.24) is 19.8 Å². The van der Waals surface area contributed by atoms with Gasteiger partial charge in [-0.1, -0.05) is 0 Å². The molecule has 1 aromatic rings. The van der Waals surface area contributed by atoms with Crippen LogP contribution in [0.4, 0.5) is 5.82 Å². The minimum absolute atomic E-state index is 0.359. The van der Waals surface area contributed by atoms with Gasteiger partial charge in [0.1, 0.15) is 11.6 Å². The summed E-state index contributed by atoms with van der Waals surface area (Å²) in [4.78, 5) is 14.0. The van der Waals surface area contributed by atoms with E-state index >= 15 is 0 Å². The third-order valence-electron chi connectivity index (χ3n) is 3.58. The van der Waals surface area contributed by atoms with Crippen molar-refractivity contribution in [3.8, 4) is 0 Å². The van der Waals surface area contributed by atoms with Crippen molar-refractivity contribution < 1.29 is 0 Å². The summed E-state index contributed by atoms with van der Waals surface area (Å²) in [6, 6.07) is 0.359. The molecule has 0 aliphatic carbocycles. The monoisotopic (exact) mass is 297 g/mol. The molecule has 0 spiro atoms. The number of anilines is 1. The lowest BCUT2D eigenvalue weighted by Crippen LogP contribution is -2.57. The summed E-state index contributed by atoms with van der Waals surface area (Å²) < 4.78 is 0.917. The van der Waals surface area contributed by atoms with Crippen LogP contribution in [0.25, 0.3) is 0 Å². The van der Waals surface area contributed by atoms with E-state index in [1.54, 1.807) is 0 Å². The van der Waals surface area contributed by atoms with Crippen LogP contribution < -0.4 is 5.32 Å². The van der Waals surface area contributed by atoms with Gasteiger partial charge in [-0.15, -0.1) is 0 Å². The second-order valence-electron chi connectivity index (χ2n) is 4.53. The minimum Gasteiger partial charge on any atom is -0.372 e. The Morgan fingerprint density at radius 3 is 2.71 bits per heavy atom. The molecule has 92 valence electrons. The van der Waals surface area contributed by atoms with Gasteiger partial charge in [-0.2, -0.15) is 0 Å². The van der Waals surface area contributed by atoms with Gasteiger partial charge in [-0.25, -0.2) is 9.97 Å². The van der Waals surface area contributed by atoms with Crippen LogP contribution in [0.5, 0.6) is 0 Å². The number of hydrogen-bond acceptors (Lipinski definition) is 5. The van der Waals surface area contributed by atoms with Crippen molar-refractivity contribution in [2.45, 2.75) is 6.04 Å². The van der Waals surface area contributed by atoms with E-state index in [4.69, 9.17) is 0 Å². The topological polar surface area (TPSA) is 44.3 Å². The van der Waals surface area contributed by atoms with E-state index in [2.05, 4.69) is 41.0 Å². The normalized spacial score (nSPS) is 31.5. The molecule has 0 radical (unpaired) electrons. The van der Waals surface area contributed by atoms with Gasteiger partial charge in [0, 0.05) is 46.0 Å². The van der Waals surface area contributed by atoms with Crippen molar-refractivity contribution in [2.24, 2.45) is 0 Å². The van der Waals surface area contributed by atoms with E-state index in [1.165, 1.54) is 13.1 Å². The molecule has 4 rings (SSSR count). The molecule has 17 heavy (non-hydrogen) atoms. The van der Waals surface area contributed by atoms with Crippen LogP contribution in [-0.4, -0.2) is 59.5 Å². The van der Waals surface area contributed by atoms with Gasteiger partial charge in [-0.3, -0.25) is 9.80 Å². The molecule has 1 unspecified atom stereocenters. The Labute approximate surface area is 109 Å². The molecule has 5 nitrogen and oxygen atoms in total. The van der Waals surface area contributed by atoms with Crippen LogP contribution in [0.3, 0.4) is 0 Å². The SMILES string of the molecule is CNc1nc(C2CN3CCN2CC3)ncc1Br. The number of fused-ring (bicyclic) bond motifs is 3. The van der Waals surface area contributed by atoms with Gasteiger partial charge < -0.3 is 5.32 Å². The summed E-state index contributed by atoms with van der Waals surface area (Å²) in [7, 11) is 1.88. The van der Waals surface area contributed by atoms with Gasteiger partial charge in [0.2, 0.25) is 0 Å². The molecule has 6 heteroatoms. The summed E-state index contributed by atoms with van der Waals surface area (Å²) in [5.41, 5.74) is 0. The lowest BCUT2D eigenvalue weighted by molar-refractivity contribution is 0.00869. The molecular weight excluding hydrogens is 282 g/mol. The van der Waals surface area contributed by atoms with Gasteiger partial charge in [0.15, 0.2) is 0 Å². The number of nitrogens with one attached hydrogen (secondary N) is 1. The summed E-state index contributed by atoms with van der Waals surface area (Å²) in [5, 5.41) is 3.09. The fraction of sp³-hybridized carbons (Fsp3) is 0.636. The smallest absolute Gasteiger partial charge is 0.149 e. The molecule has 3 aliphatic heterocycles. The third kappa shape index (κ3) is 2.05. The first kappa shape index (κ1) is 11.4. The summed E-state index contributed by atoms with van der Waals surface area (Å²) in [5.74, 6) is 1.80. The van der Waals surface area contributed by atoms with E-state index in [-0.39, 0.29) is 0 Å². The highest BCUT2D eigenvalue weighted by Crippen LogP contribution is 2.28. The van der Waals surface area contributed by atoms with Gasteiger partial charge in [0.25, 0.3) is 0 Å². The van der Waals surface area contributed by atoms with Crippen molar-refractivity contribution >= 4 is 21.7 Å². The molecule has 0 amide bonds. The number of nitrogens with zero attached hydrogens (tertiary/aromatic N) is 4. The maximum Gasteiger partial charge on any atom is 0.149 e. The van der Waals surface area contributed by atoms with Gasteiger partial charge in [-0.05, 0) is 15.9 Å². The second kappa shape index (κ2) is 4.51. The Morgan fingerprint density at radius 1 is 1.35 bits per heavy atom. The Bertz CT molecular complexity index is 416. The first-order valence-corrected chi connectivity index (χ1v) is 6.74. The lowest BCUT2D eigenvalue weighted by Gasteiger charge is -2.46. The number of halogens is 1. The minimum atomic E-state index is 0.359. The van der Waals surface area contributed by atoms with E-state index < -0.39 is 0 Å². The highest BCUT2D eigenvalue weighted by Gasteiger charge is 2.34. The van der Waals surface area contributed by atoms with Crippen molar-refractivity contribution in [1.29, 1.82) is 0 Å². The zero-order valence-corrected chi connectivity index (χ0v) is 11.4. The van der Waals surface area contributed by atoms with Crippen LogP contribution in [-0.2, 0) is 0 Å². The molecule has 2 bridgehead atoms. The largest absolute Gasteiger partial charge is 0.372 e. The van der Waals surface area contributed by atoms with E-state index in [0.29, 0.717) is 6.04 Å². The molecule has 3 saturated heterocycles. The third-order valence-corrected chi connectivity index (χ3v) is 4.16. The van der Waals surface area contributed by atoms with Gasteiger partial charge >= 0.3 is 0 Å². The molecular formula is C11H16BrN5. The molecule has 1 atom stereocenters. The van der Waals surface area contributed by atoms with Crippen LogP contribution in [0, 0.1) is 0 Å². The standard InChI is InChI=1S/C11H16BrN5/c1-13-10-8(12)6-14-11(15-10)9-7-16-2-4-17(9)5-3-16/h6,9H,2-5,7H2,1H3,(H,13,14,15). The number of rotatable bonds is 2. The molecule has 3 fully saturated rings. The molecule has 0 aromatic carbocycles. The zero-order valence-electron chi connectivity index (χ0n) is 9.86. The van der Waals surface area contributed by atoms with Crippen LogP contribution in [0.2, 0.25) is 0 Å². The highest BCUT2D eigenvalue weighted by atomic mass is 79.9. The van der Waals surface area contributed by atoms with Crippen LogP contribution in [0.1, 0.15) is 11.9 Å². The van der Waals surface area contributed by atoms with E-state index in [0.717, 1.165) is 35.7 Å². The van der Waals surface area contributed by atoms with E-state index in [1.807, 2.05) is 13.2 Å². The maximum absolute atomic E-state index is 4.60. The fourth-order valence-corrected chi connectivity index (χ4v) is 2.97. The maximum atomic E-state index is 4.60. The Kier molecular flexibility index (Phi) is 3.02. The summed E-state index contributed by atoms with van der Waals surface area (Å²) >= 11 is 3.44. The second-order valence-corrected chi connectivity index (χ2v) is 5.38. The van der Waals surface area contributed by atoms with Crippen molar-refractivity contribution in [3.05, 3.63) is 16.5 Å². The number of hydrogen-bond donors (Lipinski definition) is 1. The summed E-state index contributed by atoms with van der Waals surface area (Å²) in [6.07, 6.45) is 1.84. The average molecular weight is 298 g/mol. The first-order valence-electron chi connectivity index (χ1n) is 5.94. The first-order chi connectivity index (χ1) is 8.28. The highest BCUT2D eigenvalue weighted by molar-refractivity contribution is 9.10. The van der Waals surface area contributed by atoms with Crippen molar-refractivity contribution in [3.63, 3.8) is 0 Å². The lowest BCUT2D eigenvalue weighted by atomic mass is 10.1. The average Bonchev–Trinajstić information content (AvgIpc) is 2.40. The fourth-order valence-electron chi connectivity index (χ4n) is 2.58. The van der Waals surface area contributed by atoms with Crippen LogP contribution in [0.15, 0.2) is 10.7 Å². The molecule has 0 saturated carbocycles. The van der Waals surface area contributed by atoms with Crippen molar-refractivity contribution in [2.75, 3.05) is 45.1 Å². The van der Waals surface area contributed by atoms with E-state index in [9.17, 15) is 0 Å². The van der Waals surface area contributed by atoms with Crippen LogP contribution >= 0.6 is 15.9 Å². The Morgan fingerprint density at radius 2 is 2.12 bits per heavy atom. The zero-order chi connectivity index (χ0) is 11.8. The molecule has 4 heterocycles. The molecule has 3 aliphatic rings. The summed E-state index contributed by atoms with van der Waals surface area (Å²) in [6.45, 7) is 5.71. The molecule has 1 aromatic heterocycles. The van der Waals surface area contributed by atoms with Gasteiger partial charge in [0.05, 0.1) is 10.5 Å². The quantitative estimate of drug-likeness (QED) is 0.881. The Balaban J connectivity index is 1.89. The predicted octanol–water partition coefficient (Wildman–Crippen LogP) is 0.953. The number of aromatic nitrogens is 2. The number of piperazine rings is 3. The molecule has 1 N–H and O–H groups in total. The predicted molar refractivity (Wildman–Crippen MR) is 70.0 cm³/mol.